The Kier molecular flexibility index (Phi) is 9.73. The minimum absolute atomic E-state index is 0.0198. The van der Waals surface area contributed by atoms with Crippen LogP contribution >= 0.6 is 23.4 Å². The van der Waals surface area contributed by atoms with Crippen molar-refractivity contribution in [1.29, 1.82) is 5.26 Å². The van der Waals surface area contributed by atoms with Crippen molar-refractivity contribution in [2.75, 3.05) is 18.8 Å². The highest BCUT2D eigenvalue weighted by atomic mass is 35.5. The summed E-state index contributed by atoms with van der Waals surface area (Å²) in [6.07, 6.45) is 0. The maximum absolute atomic E-state index is 14.4. The molecule has 2 aromatic carbocycles. The van der Waals surface area contributed by atoms with Crippen LogP contribution in [0.4, 0.5) is 13.2 Å². The van der Waals surface area contributed by atoms with Crippen LogP contribution in [0.3, 0.4) is 0 Å². The van der Waals surface area contributed by atoms with Gasteiger partial charge in [-0.25, -0.2) is 18.0 Å². The number of nitrogens with two attached hydrogens (primary N) is 1. The highest BCUT2D eigenvalue weighted by molar-refractivity contribution is 8.00. The number of carbonyl (C=O) groups is 3. The molecule has 180 valence electrons. The first-order valence-electron chi connectivity index (χ1n) is 9.51. The second kappa shape index (κ2) is 12.3. The number of aliphatic carboxylic acids is 1. The summed E-state index contributed by atoms with van der Waals surface area (Å²) in [5.74, 6) is -6.14. The van der Waals surface area contributed by atoms with Gasteiger partial charge >= 0.3 is 5.97 Å². The van der Waals surface area contributed by atoms with Crippen LogP contribution in [0.15, 0.2) is 35.2 Å². The molecule has 0 radical (unpaired) electrons. The van der Waals surface area contributed by atoms with E-state index in [0.717, 1.165) is 17.0 Å². The first kappa shape index (κ1) is 27.0. The number of nitrogens with zero attached hydrogens (tertiary/aromatic N) is 2. The van der Waals surface area contributed by atoms with Gasteiger partial charge in [0.05, 0.1) is 29.0 Å². The average molecular weight is 515 g/mol. The lowest BCUT2D eigenvalue weighted by Gasteiger charge is -2.23. The number of carboxylic acid groups (broad SMARTS) is 1. The summed E-state index contributed by atoms with van der Waals surface area (Å²) in [5.41, 5.74) is 5.33. The van der Waals surface area contributed by atoms with Gasteiger partial charge in [0.1, 0.15) is 23.5 Å². The number of nitriles is 1. The molecule has 2 rings (SSSR count). The van der Waals surface area contributed by atoms with Gasteiger partial charge in [-0.3, -0.25) is 9.59 Å². The van der Waals surface area contributed by atoms with Crippen molar-refractivity contribution in [3.63, 3.8) is 0 Å². The molecule has 2 aromatic rings. The van der Waals surface area contributed by atoms with Gasteiger partial charge in [0, 0.05) is 29.6 Å². The monoisotopic (exact) mass is 514 g/mol. The van der Waals surface area contributed by atoms with Gasteiger partial charge in [0.2, 0.25) is 11.8 Å². The standard InChI is InChI=1S/C21H18ClF3N4O4S/c22-20-15(25)4-13(23)5-17(20)34-10-19(31)29(9-18(30)28-16(7-27)21(32)33)8-12-2-1-11(6-26)3-14(12)24/h1-5,16H,7-10,27H2,(H,28,30)(H,32,33)/t16-/m0/s1. The van der Waals surface area contributed by atoms with Crippen LogP contribution in [0.5, 0.6) is 0 Å². The number of benzene rings is 2. The average Bonchev–Trinajstić information content (AvgIpc) is 2.78. The Morgan fingerprint density at radius 1 is 1.21 bits per heavy atom. The first-order chi connectivity index (χ1) is 16.0. The second-order valence-corrected chi connectivity index (χ2v) is 8.25. The number of thioether (sulfide) groups is 1. The number of carboxylic acids is 1. The second-order valence-electron chi connectivity index (χ2n) is 6.85. The van der Waals surface area contributed by atoms with Gasteiger partial charge in [-0.1, -0.05) is 17.7 Å². The van der Waals surface area contributed by atoms with Crippen LogP contribution in [0.2, 0.25) is 5.02 Å². The zero-order valence-electron chi connectivity index (χ0n) is 17.4. The number of nitrogens with one attached hydrogen (secondary N) is 1. The molecule has 0 aliphatic heterocycles. The van der Waals surface area contributed by atoms with Crippen LogP contribution in [-0.2, 0) is 20.9 Å². The molecule has 13 heteroatoms. The third-order valence-corrected chi connectivity index (χ3v) is 5.93. The van der Waals surface area contributed by atoms with E-state index in [9.17, 15) is 27.6 Å². The molecule has 2 amide bonds. The van der Waals surface area contributed by atoms with E-state index in [1.165, 1.54) is 12.1 Å². The predicted octanol–water partition coefficient (Wildman–Crippen LogP) is 2.28. The number of carbonyl (C=O) groups excluding carboxylic acids is 2. The summed E-state index contributed by atoms with van der Waals surface area (Å²) >= 11 is 6.50. The fourth-order valence-corrected chi connectivity index (χ4v) is 3.84. The summed E-state index contributed by atoms with van der Waals surface area (Å²) in [4.78, 5) is 37.1. The predicted molar refractivity (Wildman–Crippen MR) is 117 cm³/mol. The minimum atomic E-state index is -1.40. The highest BCUT2D eigenvalue weighted by Crippen LogP contribution is 2.30. The van der Waals surface area contributed by atoms with Gasteiger partial charge in [-0.15, -0.1) is 11.8 Å². The Bertz CT molecular complexity index is 1150. The van der Waals surface area contributed by atoms with Crippen molar-refractivity contribution in [1.82, 2.24) is 10.2 Å². The Morgan fingerprint density at radius 3 is 2.50 bits per heavy atom. The molecule has 0 heterocycles. The molecular formula is C21H18ClF3N4O4S. The SMILES string of the molecule is N#Cc1ccc(CN(CC(=O)N[C@@H](CN)C(=O)O)C(=O)CSc2cc(F)cc(F)c2Cl)c(F)c1. The van der Waals surface area contributed by atoms with E-state index in [0.29, 0.717) is 17.8 Å². The summed E-state index contributed by atoms with van der Waals surface area (Å²) in [6.45, 7) is -1.47. The van der Waals surface area contributed by atoms with Crippen LogP contribution < -0.4 is 11.1 Å². The minimum Gasteiger partial charge on any atom is -0.480 e. The van der Waals surface area contributed by atoms with Crippen molar-refractivity contribution >= 4 is 41.1 Å². The molecule has 34 heavy (non-hydrogen) atoms. The summed E-state index contributed by atoms with van der Waals surface area (Å²) in [7, 11) is 0. The van der Waals surface area contributed by atoms with Crippen molar-refractivity contribution in [2.24, 2.45) is 5.73 Å². The molecule has 0 unspecified atom stereocenters. The molecule has 8 nitrogen and oxygen atoms in total. The topological polar surface area (TPSA) is 137 Å². The first-order valence-corrected chi connectivity index (χ1v) is 10.9. The highest BCUT2D eigenvalue weighted by Gasteiger charge is 2.24. The zero-order valence-corrected chi connectivity index (χ0v) is 18.9. The van der Waals surface area contributed by atoms with Gasteiger partial charge in [-0.2, -0.15) is 5.26 Å². The van der Waals surface area contributed by atoms with Crippen LogP contribution in [-0.4, -0.2) is 52.7 Å². The van der Waals surface area contributed by atoms with Crippen LogP contribution in [0, 0.1) is 28.8 Å². The lowest BCUT2D eigenvalue weighted by atomic mass is 10.1. The molecule has 0 aliphatic carbocycles. The molecule has 4 N–H and O–H groups in total. The normalized spacial score (nSPS) is 11.4. The summed E-state index contributed by atoms with van der Waals surface area (Å²) in [5, 5.41) is 19.7. The van der Waals surface area contributed by atoms with E-state index in [2.05, 4.69) is 5.32 Å². The molecule has 0 saturated heterocycles. The molecule has 0 aromatic heterocycles. The maximum atomic E-state index is 14.4. The lowest BCUT2D eigenvalue weighted by Crippen LogP contribution is -2.50. The number of hydrogen-bond donors (Lipinski definition) is 3. The fourth-order valence-electron chi connectivity index (χ4n) is 2.69. The van der Waals surface area contributed by atoms with Gasteiger partial charge < -0.3 is 21.1 Å². The van der Waals surface area contributed by atoms with Crippen molar-refractivity contribution in [3.8, 4) is 6.07 Å². The molecule has 1 atom stereocenters. The zero-order chi connectivity index (χ0) is 25.4. The molecule has 0 fully saturated rings. The molecule has 0 aliphatic rings. The number of amides is 2. The number of rotatable bonds is 10. The van der Waals surface area contributed by atoms with Crippen LogP contribution in [0.25, 0.3) is 0 Å². The van der Waals surface area contributed by atoms with E-state index in [1.807, 2.05) is 0 Å². The molecular weight excluding hydrogens is 497 g/mol. The third-order valence-electron chi connectivity index (χ3n) is 4.41. The van der Waals surface area contributed by atoms with E-state index in [1.54, 1.807) is 6.07 Å². The van der Waals surface area contributed by atoms with Gasteiger partial charge in [0.15, 0.2) is 0 Å². The Labute approximate surface area is 201 Å². The third kappa shape index (κ3) is 7.38. The van der Waals surface area contributed by atoms with Crippen LogP contribution in [0.1, 0.15) is 11.1 Å². The largest absolute Gasteiger partial charge is 0.480 e. The Morgan fingerprint density at radius 2 is 1.91 bits per heavy atom. The van der Waals surface area contributed by atoms with Gasteiger partial charge in [0.25, 0.3) is 0 Å². The van der Waals surface area contributed by atoms with E-state index in [4.69, 9.17) is 27.7 Å². The smallest absolute Gasteiger partial charge is 0.327 e. The fraction of sp³-hybridized carbons (Fsp3) is 0.238. The Hall–Kier alpha value is -3.27. The quantitative estimate of drug-likeness (QED) is 0.327. The van der Waals surface area contributed by atoms with Crippen molar-refractivity contribution in [3.05, 3.63) is 63.9 Å². The molecule has 0 saturated carbocycles. The molecule has 0 bridgehead atoms. The summed E-state index contributed by atoms with van der Waals surface area (Å²) in [6, 6.07) is 5.41. The molecule has 0 spiro atoms. The van der Waals surface area contributed by atoms with E-state index in [-0.39, 0.29) is 16.0 Å². The number of hydrogen-bond acceptors (Lipinski definition) is 6. The summed E-state index contributed by atoms with van der Waals surface area (Å²) < 4.78 is 41.5. The maximum Gasteiger partial charge on any atom is 0.327 e. The van der Waals surface area contributed by atoms with Crippen molar-refractivity contribution < 1.29 is 32.7 Å². The van der Waals surface area contributed by atoms with Gasteiger partial charge in [-0.05, 0) is 18.2 Å². The lowest BCUT2D eigenvalue weighted by molar-refractivity contribution is -0.142. The van der Waals surface area contributed by atoms with E-state index < -0.39 is 71.7 Å². The van der Waals surface area contributed by atoms with E-state index >= 15 is 0 Å². The number of halogens is 4. The van der Waals surface area contributed by atoms with Crippen molar-refractivity contribution in [2.45, 2.75) is 17.5 Å². The Balaban J connectivity index is 2.23.